The number of allylic oxidation sites excluding steroid dienone is 2. The van der Waals surface area contributed by atoms with Crippen LogP contribution in [0.25, 0.3) is 6.08 Å². The fraction of sp³-hybridized carbons (Fsp3) is 0.296. The molecule has 1 aromatic heterocycles. The molecule has 0 aliphatic carbocycles. The van der Waals surface area contributed by atoms with Gasteiger partial charge in [-0.25, -0.2) is 14.1 Å². The molecule has 1 aliphatic rings. The number of nitrogens with zero attached hydrogens (tertiary/aromatic N) is 4. The highest BCUT2D eigenvalue weighted by atomic mass is 35.5. The Balaban J connectivity index is 1.33. The molecule has 1 N–H and O–H groups in total. The van der Waals surface area contributed by atoms with Crippen LogP contribution in [-0.2, 0) is 21.6 Å². The number of hydrogen-bond donors (Lipinski definition) is 1. The van der Waals surface area contributed by atoms with Crippen molar-refractivity contribution in [3.05, 3.63) is 101 Å². The lowest BCUT2D eigenvalue weighted by Crippen LogP contribution is -2.43. The third-order valence-electron chi connectivity index (χ3n) is 5.98. The molecule has 192 valence electrons. The molecule has 4 rings (SSSR count). The van der Waals surface area contributed by atoms with E-state index in [0.717, 1.165) is 5.56 Å². The number of ether oxygens (including phenoxy) is 2. The van der Waals surface area contributed by atoms with Gasteiger partial charge in [0.1, 0.15) is 29.5 Å². The molecule has 0 spiro atoms. The summed E-state index contributed by atoms with van der Waals surface area (Å²) in [5, 5.41) is 25.1. The number of aliphatic hydroxyl groups is 1. The summed E-state index contributed by atoms with van der Waals surface area (Å²) in [7, 11) is 0. The lowest BCUT2D eigenvalue weighted by molar-refractivity contribution is -0.0831. The maximum atomic E-state index is 14.0. The molecule has 1 saturated heterocycles. The van der Waals surface area contributed by atoms with Crippen molar-refractivity contribution < 1.29 is 19.0 Å². The third-order valence-corrected chi connectivity index (χ3v) is 7.60. The van der Waals surface area contributed by atoms with E-state index in [2.05, 4.69) is 10.1 Å². The molecule has 0 amide bonds. The largest absolute Gasteiger partial charge is 0.382 e. The van der Waals surface area contributed by atoms with Crippen LogP contribution < -0.4 is 0 Å². The highest BCUT2D eigenvalue weighted by Crippen LogP contribution is 2.38. The molecule has 3 aromatic rings. The molecule has 4 atom stereocenters. The Morgan fingerprint density at radius 1 is 1.27 bits per heavy atom. The Morgan fingerprint density at radius 2 is 2.08 bits per heavy atom. The van der Waals surface area contributed by atoms with Crippen molar-refractivity contribution in [2.75, 3.05) is 13.2 Å². The van der Waals surface area contributed by atoms with Crippen LogP contribution in [-0.4, -0.2) is 49.9 Å². The second-order valence-electron chi connectivity index (χ2n) is 8.53. The van der Waals surface area contributed by atoms with Gasteiger partial charge in [-0.2, -0.15) is 10.4 Å². The SMILES string of the molecule is C[C@@H](S[C@@H]1CO[C@@H](/C=C/C=C/c2ccc(C#N)cc2F)CO1)[C@](O)(Cn1cncn1)c1ccc(Cl)cc1. The first-order chi connectivity index (χ1) is 17.9. The Labute approximate surface area is 224 Å². The Morgan fingerprint density at radius 3 is 2.73 bits per heavy atom. The molecule has 0 radical (unpaired) electrons. The van der Waals surface area contributed by atoms with Gasteiger partial charge >= 0.3 is 0 Å². The summed E-state index contributed by atoms with van der Waals surface area (Å²) in [4.78, 5) is 3.98. The maximum absolute atomic E-state index is 14.0. The molecular formula is C27H26ClFN4O3S. The second-order valence-corrected chi connectivity index (χ2v) is 10.5. The molecule has 0 unspecified atom stereocenters. The van der Waals surface area contributed by atoms with E-state index in [4.69, 9.17) is 26.3 Å². The highest BCUT2D eigenvalue weighted by Gasteiger charge is 2.39. The average molecular weight is 541 g/mol. The van der Waals surface area contributed by atoms with Gasteiger partial charge in [0.25, 0.3) is 0 Å². The van der Waals surface area contributed by atoms with Gasteiger partial charge in [0, 0.05) is 15.8 Å². The molecule has 10 heteroatoms. The molecule has 0 bridgehead atoms. The van der Waals surface area contributed by atoms with Crippen molar-refractivity contribution in [3.8, 4) is 6.07 Å². The molecule has 2 heterocycles. The van der Waals surface area contributed by atoms with Gasteiger partial charge in [0.15, 0.2) is 0 Å². The Kier molecular flexibility index (Phi) is 9.14. The number of thioether (sulfide) groups is 1. The topological polar surface area (TPSA) is 93.2 Å². The van der Waals surface area contributed by atoms with E-state index in [1.54, 1.807) is 53.5 Å². The predicted octanol–water partition coefficient (Wildman–Crippen LogP) is 4.96. The molecule has 1 fully saturated rings. The number of rotatable bonds is 9. The van der Waals surface area contributed by atoms with Crippen LogP contribution >= 0.6 is 23.4 Å². The minimum Gasteiger partial charge on any atom is -0.382 e. The quantitative estimate of drug-likeness (QED) is 0.383. The van der Waals surface area contributed by atoms with Crippen LogP contribution in [0.1, 0.15) is 23.6 Å². The smallest absolute Gasteiger partial charge is 0.137 e. The van der Waals surface area contributed by atoms with Crippen LogP contribution in [0.15, 0.2) is 73.3 Å². The van der Waals surface area contributed by atoms with Crippen LogP contribution in [0.4, 0.5) is 4.39 Å². The minimum atomic E-state index is -1.26. The van der Waals surface area contributed by atoms with Crippen LogP contribution in [0.3, 0.4) is 0 Å². The summed E-state index contributed by atoms with van der Waals surface area (Å²) < 4.78 is 27.5. The maximum Gasteiger partial charge on any atom is 0.137 e. The van der Waals surface area contributed by atoms with E-state index >= 15 is 0 Å². The van der Waals surface area contributed by atoms with Crippen LogP contribution in [0.2, 0.25) is 5.02 Å². The monoisotopic (exact) mass is 540 g/mol. The zero-order valence-corrected chi connectivity index (χ0v) is 21.6. The number of nitriles is 1. The van der Waals surface area contributed by atoms with Gasteiger partial charge in [-0.3, -0.25) is 0 Å². The summed E-state index contributed by atoms with van der Waals surface area (Å²) >= 11 is 7.55. The lowest BCUT2D eigenvalue weighted by Gasteiger charge is -2.37. The van der Waals surface area contributed by atoms with Crippen LogP contribution in [0.5, 0.6) is 0 Å². The zero-order valence-electron chi connectivity index (χ0n) is 20.1. The fourth-order valence-electron chi connectivity index (χ4n) is 3.86. The highest BCUT2D eigenvalue weighted by molar-refractivity contribution is 8.00. The summed E-state index contributed by atoms with van der Waals surface area (Å²) in [6, 6.07) is 13.4. The van der Waals surface area contributed by atoms with E-state index < -0.39 is 11.4 Å². The predicted molar refractivity (Wildman–Crippen MR) is 141 cm³/mol. The standard InChI is InChI=1S/C27H26ClFN4O3S/c1-19(27(34,16-33-18-31-17-32-33)22-8-10-23(28)11-9-22)37-26-15-35-24(14-36-26)5-3-2-4-21-7-6-20(13-30)12-25(21)29/h2-12,17-19,24,26,34H,14-16H2,1H3/b4-2+,5-3+/t19-,24+,26-,27-/m1/s1. The van der Waals surface area contributed by atoms with E-state index in [0.29, 0.717) is 23.8 Å². The van der Waals surface area contributed by atoms with E-state index in [1.165, 1.54) is 24.2 Å². The first kappa shape index (κ1) is 27.0. The first-order valence-corrected chi connectivity index (χ1v) is 12.9. The molecule has 2 aromatic carbocycles. The minimum absolute atomic E-state index is 0.216. The number of halogens is 2. The average Bonchev–Trinajstić information content (AvgIpc) is 3.41. The van der Waals surface area contributed by atoms with Gasteiger partial charge in [0.05, 0.1) is 37.5 Å². The Hall–Kier alpha value is -3.00. The molecule has 1 aliphatic heterocycles. The van der Waals surface area contributed by atoms with Crippen molar-refractivity contribution in [1.82, 2.24) is 14.8 Å². The summed E-state index contributed by atoms with van der Waals surface area (Å²) in [6.45, 7) is 2.85. The normalized spacial score (nSPS) is 20.6. The van der Waals surface area contributed by atoms with Crippen LogP contribution in [0, 0.1) is 17.1 Å². The molecule has 37 heavy (non-hydrogen) atoms. The van der Waals surface area contributed by atoms with E-state index in [1.807, 2.05) is 31.2 Å². The molecule has 0 saturated carbocycles. The third kappa shape index (κ3) is 7.06. The first-order valence-electron chi connectivity index (χ1n) is 11.6. The summed E-state index contributed by atoms with van der Waals surface area (Å²) in [5.74, 6) is -0.447. The van der Waals surface area contributed by atoms with Crippen molar-refractivity contribution in [2.45, 2.75) is 35.9 Å². The van der Waals surface area contributed by atoms with Gasteiger partial charge in [-0.1, -0.05) is 54.1 Å². The Bertz CT molecular complexity index is 1270. The summed E-state index contributed by atoms with van der Waals surface area (Å²) in [5.41, 5.74) is -0.124. The second kappa shape index (κ2) is 12.5. The van der Waals surface area contributed by atoms with E-state index in [-0.39, 0.29) is 28.9 Å². The summed E-state index contributed by atoms with van der Waals surface area (Å²) in [6.07, 6.45) is 9.72. The number of hydrogen-bond acceptors (Lipinski definition) is 7. The van der Waals surface area contributed by atoms with Gasteiger partial charge in [-0.05, 0) is 36.8 Å². The van der Waals surface area contributed by atoms with Crippen molar-refractivity contribution in [2.24, 2.45) is 0 Å². The fourth-order valence-corrected chi connectivity index (χ4v) is 5.20. The van der Waals surface area contributed by atoms with Crippen molar-refractivity contribution >= 4 is 29.4 Å². The molecule has 7 nitrogen and oxygen atoms in total. The number of benzene rings is 2. The molecular weight excluding hydrogens is 515 g/mol. The zero-order chi connectivity index (χ0) is 26.3. The van der Waals surface area contributed by atoms with Gasteiger partial charge in [-0.15, -0.1) is 11.8 Å². The van der Waals surface area contributed by atoms with Gasteiger partial charge in [0.2, 0.25) is 0 Å². The number of aromatic nitrogens is 3. The van der Waals surface area contributed by atoms with Gasteiger partial charge < -0.3 is 14.6 Å². The lowest BCUT2D eigenvalue weighted by atomic mass is 9.90. The van der Waals surface area contributed by atoms with Crippen molar-refractivity contribution in [1.29, 1.82) is 5.26 Å². The van der Waals surface area contributed by atoms with Crippen molar-refractivity contribution in [3.63, 3.8) is 0 Å². The van der Waals surface area contributed by atoms with E-state index in [9.17, 15) is 9.50 Å².